The van der Waals surface area contributed by atoms with Gasteiger partial charge in [0.2, 0.25) is 0 Å². The third kappa shape index (κ3) is 4.62. The molecule has 1 aliphatic rings. The molecule has 0 radical (unpaired) electrons. The highest BCUT2D eigenvalue weighted by molar-refractivity contribution is 5.40. The van der Waals surface area contributed by atoms with Gasteiger partial charge in [0.05, 0.1) is 11.5 Å². The average Bonchev–Trinajstić information content (AvgIpc) is 2.49. The van der Waals surface area contributed by atoms with Crippen LogP contribution in [0.4, 0.5) is 5.69 Å². The van der Waals surface area contributed by atoms with E-state index in [4.69, 9.17) is 4.74 Å². The number of nitrogens with zero attached hydrogens (tertiary/aromatic N) is 2. The summed E-state index contributed by atoms with van der Waals surface area (Å²) in [6.45, 7) is 6.27. The molecule has 22 heavy (non-hydrogen) atoms. The van der Waals surface area contributed by atoms with Crippen molar-refractivity contribution in [3.05, 3.63) is 64.1 Å². The molecule has 0 spiro atoms. The van der Waals surface area contributed by atoms with E-state index >= 15 is 0 Å². The lowest BCUT2D eigenvalue weighted by Crippen LogP contribution is -2.20. The molecule has 1 heterocycles. The SMILES string of the molecule is CC(C)CCOC1=CCN(Cc2ccccc2[N+](=O)[O-])C=C1. The Morgan fingerprint density at radius 3 is 2.77 bits per heavy atom. The Bertz CT molecular complexity index is 579. The summed E-state index contributed by atoms with van der Waals surface area (Å²) in [7, 11) is 0. The van der Waals surface area contributed by atoms with E-state index in [1.54, 1.807) is 18.2 Å². The molecule has 0 aromatic heterocycles. The molecule has 0 unspecified atom stereocenters. The van der Waals surface area contributed by atoms with Crippen molar-refractivity contribution in [3.63, 3.8) is 0 Å². The van der Waals surface area contributed by atoms with Gasteiger partial charge in [0.15, 0.2) is 0 Å². The standard InChI is InChI=1S/C17H22N2O3/c1-14(2)9-12-22-16-7-10-18(11-8-16)13-15-5-3-4-6-17(15)19(20)21/h3-8,10,14H,9,11-13H2,1-2H3. The highest BCUT2D eigenvalue weighted by Crippen LogP contribution is 2.21. The number of hydrogen-bond acceptors (Lipinski definition) is 4. The first-order valence-electron chi connectivity index (χ1n) is 7.53. The maximum atomic E-state index is 11.0. The maximum absolute atomic E-state index is 11.0. The van der Waals surface area contributed by atoms with Crippen molar-refractivity contribution in [2.24, 2.45) is 5.92 Å². The third-order valence-electron chi connectivity index (χ3n) is 3.50. The van der Waals surface area contributed by atoms with Crippen LogP contribution in [-0.4, -0.2) is 23.0 Å². The quantitative estimate of drug-likeness (QED) is 0.566. The first-order valence-corrected chi connectivity index (χ1v) is 7.53. The van der Waals surface area contributed by atoms with Crippen LogP contribution in [0.3, 0.4) is 0 Å². The molecule has 0 fully saturated rings. The fourth-order valence-electron chi connectivity index (χ4n) is 2.19. The molecule has 1 aromatic carbocycles. The Hall–Kier alpha value is -2.30. The molecular formula is C17H22N2O3. The number of nitro groups is 1. The normalized spacial score (nSPS) is 14.1. The van der Waals surface area contributed by atoms with Gasteiger partial charge in [0.25, 0.3) is 5.69 Å². The van der Waals surface area contributed by atoms with Crippen LogP contribution in [0.5, 0.6) is 0 Å². The van der Waals surface area contributed by atoms with E-state index < -0.39 is 0 Å². The molecule has 0 N–H and O–H groups in total. The summed E-state index contributed by atoms with van der Waals surface area (Å²) >= 11 is 0. The van der Waals surface area contributed by atoms with Gasteiger partial charge in [-0.2, -0.15) is 0 Å². The molecule has 5 nitrogen and oxygen atoms in total. The number of para-hydroxylation sites is 1. The number of nitro benzene ring substituents is 1. The van der Waals surface area contributed by atoms with Gasteiger partial charge in [-0.25, -0.2) is 0 Å². The zero-order valence-corrected chi connectivity index (χ0v) is 13.1. The summed E-state index contributed by atoms with van der Waals surface area (Å²) in [5.74, 6) is 1.50. The van der Waals surface area contributed by atoms with Crippen LogP contribution in [0.1, 0.15) is 25.8 Å². The summed E-state index contributed by atoms with van der Waals surface area (Å²) in [4.78, 5) is 12.7. The largest absolute Gasteiger partial charge is 0.494 e. The molecule has 0 aliphatic carbocycles. The lowest BCUT2D eigenvalue weighted by molar-refractivity contribution is -0.385. The first kappa shape index (κ1) is 16.1. The van der Waals surface area contributed by atoms with Gasteiger partial charge in [-0.15, -0.1) is 0 Å². The molecule has 0 bridgehead atoms. The molecule has 0 saturated carbocycles. The van der Waals surface area contributed by atoms with E-state index in [-0.39, 0.29) is 10.6 Å². The predicted molar refractivity (Wildman–Crippen MR) is 86.1 cm³/mol. The Balaban J connectivity index is 1.89. The number of hydrogen-bond donors (Lipinski definition) is 0. The number of ether oxygens (including phenoxy) is 1. The summed E-state index contributed by atoms with van der Waals surface area (Å²) < 4.78 is 5.69. The molecule has 0 atom stereocenters. The smallest absolute Gasteiger partial charge is 0.274 e. The second kappa shape index (κ2) is 7.64. The lowest BCUT2D eigenvalue weighted by Gasteiger charge is -2.22. The van der Waals surface area contributed by atoms with Gasteiger partial charge >= 0.3 is 0 Å². The average molecular weight is 302 g/mol. The van der Waals surface area contributed by atoms with Gasteiger partial charge in [-0.3, -0.25) is 10.1 Å². The van der Waals surface area contributed by atoms with Crippen molar-refractivity contribution < 1.29 is 9.66 Å². The molecule has 1 aliphatic heterocycles. The van der Waals surface area contributed by atoms with E-state index in [0.29, 0.717) is 19.0 Å². The van der Waals surface area contributed by atoms with Crippen LogP contribution in [0, 0.1) is 16.0 Å². The number of rotatable bonds is 7. The molecular weight excluding hydrogens is 280 g/mol. The van der Waals surface area contributed by atoms with Crippen molar-refractivity contribution in [1.29, 1.82) is 0 Å². The Morgan fingerprint density at radius 2 is 2.14 bits per heavy atom. The summed E-state index contributed by atoms with van der Waals surface area (Å²) in [6, 6.07) is 6.85. The summed E-state index contributed by atoms with van der Waals surface area (Å²) in [5, 5.41) is 11.0. The van der Waals surface area contributed by atoms with Crippen molar-refractivity contribution >= 4 is 5.69 Å². The molecule has 0 saturated heterocycles. The highest BCUT2D eigenvalue weighted by atomic mass is 16.6. The minimum absolute atomic E-state index is 0.166. The fraction of sp³-hybridized carbons (Fsp3) is 0.412. The van der Waals surface area contributed by atoms with E-state index in [2.05, 4.69) is 13.8 Å². The monoisotopic (exact) mass is 302 g/mol. The van der Waals surface area contributed by atoms with Gasteiger partial charge in [-0.1, -0.05) is 32.0 Å². The van der Waals surface area contributed by atoms with Gasteiger partial charge in [0, 0.05) is 30.9 Å². The van der Waals surface area contributed by atoms with Crippen molar-refractivity contribution in [3.8, 4) is 0 Å². The minimum Gasteiger partial charge on any atom is -0.494 e. The van der Waals surface area contributed by atoms with Crippen LogP contribution >= 0.6 is 0 Å². The van der Waals surface area contributed by atoms with Crippen LogP contribution in [-0.2, 0) is 11.3 Å². The lowest BCUT2D eigenvalue weighted by atomic mass is 10.1. The van der Waals surface area contributed by atoms with E-state index in [0.717, 1.165) is 24.4 Å². The maximum Gasteiger partial charge on any atom is 0.274 e. The molecule has 118 valence electrons. The van der Waals surface area contributed by atoms with E-state index in [1.165, 1.54) is 0 Å². The van der Waals surface area contributed by atoms with Crippen LogP contribution in [0.15, 0.2) is 48.4 Å². The Morgan fingerprint density at radius 1 is 1.36 bits per heavy atom. The van der Waals surface area contributed by atoms with Gasteiger partial charge in [-0.05, 0) is 24.5 Å². The van der Waals surface area contributed by atoms with Crippen molar-refractivity contribution in [2.75, 3.05) is 13.2 Å². The van der Waals surface area contributed by atoms with Crippen LogP contribution < -0.4 is 0 Å². The van der Waals surface area contributed by atoms with Crippen molar-refractivity contribution in [2.45, 2.75) is 26.8 Å². The molecule has 1 aromatic rings. The number of benzene rings is 1. The minimum atomic E-state index is -0.334. The zero-order valence-electron chi connectivity index (χ0n) is 13.1. The van der Waals surface area contributed by atoms with Crippen LogP contribution in [0.25, 0.3) is 0 Å². The van der Waals surface area contributed by atoms with Crippen LogP contribution in [0.2, 0.25) is 0 Å². The van der Waals surface area contributed by atoms with E-state index in [1.807, 2.05) is 29.3 Å². The summed E-state index contributed by atoms with van der Waals surface area (Å²) in [5.41, 5.74) is 0.883. The molecule has 0 amide bonds. The second-order valence-corrected chi connectivity index (χ2v) is 5.77. The Labute approximate surface area is 131 Å². The second-order valence-electron chi connectivity index (χ2n) is 5.77. The topological polar surface area (TPSA) is 55.6 Å². The van der Waals surface area contributed by atoms with Gasteiger partial charge in [0.1, 0.15) is 5.76 Å². The van der Waals surface area contributed by atoms with Crippen molar-refractivity contribution in [1.82, 2.24) is 4.90 Å². The van der Waals surface area contributed by atoms with Gasteiger partial charge < -0.3 is 9.64 Å². The predicted octanol–water partition coefficient (Wildman–Crippen LogP) is 3.87. The zero-order chi connectivity index (χ0) is 15.9. The summed E-state index contributed by atoms with van der Waals surface area (Å²) in [6.07, 6.45) is 6.89. The first-order chi connectivity index (χ1) is 10.6. The highest BCUT2D eigenvalue weighted by Gasteiger charge is 2.15. The van der Waals surface area contributed by atoms with E-state index in [9.17, 15) is 10.1 Å². The molecule has 5 heteroatoms. The Kier molecular flexibility index (Phi) is 5.58. The fourth-order valence-corrected chi connectivity index (χ4v) is 2.19. The number of allylic oxidation sites excluding steroid dienone is 1. The third-order valence-corrected chi connectivity index (χ3v) is 3.50. The molecule has 2 rings (SSSR count).